The van der Waals surface area contributed by atoms with Crippen LogP contribution in [0, 0.1) is 0 Å². The van der Waals surface area contributed by atoms with Gasteiger partial charge in [-0.3, -0.25) is 10.0 Å². The molecule has 0 saturated heterocycles. The summed E-state index contributed by atoms with van der Waals surface area (Å²) < 4.78 is 16.0. The second kappa shape index (κ2) is 7.61. The van der Waals surface area contributed by atoms with Crippen LogP contribution in [0.4, 0.5) is 0 Å². The zero-order chi connectivity index (χ0) is 16.8. The molecule has 0 atom stereocenters. The molecule has 122 valence electrons. The molecule has 0 spiro atoms. The summed E-state index contributed by atoms with van der Waals surface area (Å²) in [4.78, 5) is 16.1. The fraction of sp³-hybridized carbons (Fsp3) is 0.200. The Balaban J connectivity index is 2.41. The van der Waals surface area contributed by atoms with E-state index in [0.717, 1.165) is 10.4 Å². The van der Waals surface area contributed by atoms with Gasteiger partial charge in [-0.2, -0.15) is 0 Å². The van der Waals surface area contributed by atoms with Crippen molar-refractivity contribution in [3.63, 3.8) is 0 Å². The van der Waals surface area contributed by atoms with Crippen LogP contribution < -0.4 is 19.7 Å². The van der Waals surface area contributed by atoms with Crippen LogP contribution in [0.5, 0.6) is 17.2 Å². The quantitative estimate of drug-likeness (QED) is 0.478. The van der Waals surface area contributed by atoms with Crippen molar-refractivity contribution in [3.8, 4) is 27.8 Å². The van der Waals surface area contributed by atoms with Crippen LogP contribution in [-0.4, -0.2) is 37.4 Å². The molecule has 1 aromatic heterocycles. The summed E-state index contributed by atoms with van der Waals surface area (Å²) in [5, 5.41) is 9.17. The Bertz CT molecular complexity index is 727. The second-order valence-electron chi connectivity index (χ2n) is 4.26. The van der Waals surface area contributed by atoms with Crippen molar-refractivity contribution in [1.82, 2.24) is 10.5 Å². The Morgan fingerprint density at radius 2 is 1.96 bits per heavy atom. The monoisotopic (exact) mass is 336 g/mol. The zero-order valence-corrected chi connectivity index (χ0v) is 13.6. The van der Waals surface area contributed by atoms with E-state index in [0.29, 0.717) is 22.3 Å². The molecule has 0 radical (unpaired) electrons. The smallest absolute Gasteiger partial charge is 0.267 e. The number of methoxy groups -OCH3 is 3. The van der Waals surface area contributed by atoms with Crippen LogP contribution in [0.15, 0.2) is 24.4 Å². The first-order valence-electron chi connectivity index (χ1n) is 6.51. The van der Waals surface area contributed by atoms with Gasteiger partial charge in [0.15, 0.2) is 11.5 Å². The molecule has 8 heteroatoms. The molecule has 0 fully saturated rings. The average molecular weight is 336 g/mol. The van der Waals surface area contributed by atoms with Crippen molar-refractivity contribution in [3.05, 3.63) is 29.3 Å². The Labute approximate surface area is 137 Å². The maximum atomic E-state index is 11.0. The average Bonchev–Trinajstić information content (AvgIpc) is 3.06. The third-order valence-corrected chi connectivity index (χ3v) is 3.96. The van der Waals surface area contributed by atoms with Crippen LogP contribution in [0.1, 0.15) is 4.88 Å². The van der Waals surface area contributed by atoms with Crippen LogP contribution in [0.3, 0.4) is 0 Å². The van der Waals surface area contributed by atoms with E-state index < -0.39 is 5.91 Å². The number of aromatic nitrogens is 1. The number of carbonyl (C=O) groups excluding carboxylic acids is 1. The van der Waals surface area contributed by atoms with Crippen molar-refractivity contribution < 1.29 is 24.2 Å². The lowest BCUT2D eigenvalue weighted by atomic mass is 10.2. The van der Waals surface area contributed by atoms with Crippen LogP contribution in [0.2, 0.25) is 0 Å². The maximum Gasteiger partial charge on any atom is 0.267 e. The number of benzene rings is 1. The molecule has 0 bridgehead atoms. The molecule has 7 nitrogen and oxygen atoms in total. The number of nitrogens with one attached hydrogen (secondary N) is 1. The molecule has 2 aromatic rings. The summed E-state index contributed by atoms with van der Waals surface area (Å²) in [6, 6.07) is 3.60. The zero-order valence-electron chi connectivity index (χ0n) is 12.8. The van der Waals surface area contributed by atoms with Crippen molar-refractivity contribution in [2.75, 3.05) is 21.3 Å². The summed E-state index contributed by atoms with van der Waals surface area (Å²) in [6.07, 6.45) is 4.39. The number of ether oxygens (including phenoxy) is 3. The van der Waals surface area contributed by atoms with E-state index in [4.69, 9.17) is 19.4 Å². The van der Waals surface area contributed by atoms with Crippen molar-refractivity contribution >= 4 is 23.3 Å². The lowest BCUT2D eigenvalue weighted by Gasteiger charge is -2.14. The lowest BCUT2D eigenvalue weighted by Crippen LogP contribution is -2.14. The first-order valence-corrected chi connectivity index (χ1v) is 7.33. The Morgan fingerprint density at radius 3 is 2.57 bits per heavy atom. The largest absolute Gasteiger partial charge is 0.493 e. The Morgan fingerprint density at radius 1 is 1.22 bits per heavy atom. The van der Waals surface area contributed by atoms with Gasteiger partial charge in [-0.25, -0.2) is 10.5 Å². The summed E-state index contributed by atoms with van der Waals surface area (Å²) in [6.45, 7) is 0. The number of hydrogen-bond acceptors (Lipinski definition) is 7. The molecule has 23 heavy (non-hydrogen) atoms. The molecule has 1 amide bonds. The molecule has 0 aliphatic rings. The molecular weight excluding hydrogens is 320 g/mol. The molecule has 0 aliphatic heterocycles. The summed E-state index contributed by atoms with van der Waals surface area (Å²) >= 11 is 1.36. The first kappa shape index (κ1) is 16.8. The van der Waals surface area contributed by atoms with E-state index in [-0.39, 0.29) is 0 Å². The molecule has 0 saturated carbocycles. The second-order valence-corrected chi connectivity index (χ2v) is 5.32. The highest BCUT2D eigenvalue weighted by Crippen LogP contribution is 2.45. The van der Waals surface area contributed by atoms with E-state index in [2.05, 4.69) is 4.98 Å². The van der Waals surface area contributed by atoms with Crippen molar-refractivity contribution in [1.29, 1.82) is 0 Å². The normalized spacial score (nSPS) is 10.6. The molecule has 2 N–H and O–H groups in total. The molecule has 2 rings (SSSR count). The Hall–Kier alpha value is -2.58. The van der Waals surface area contributed by atoms with Crippen LogP contribution in [0.25, 0.3) is 16.6 Å². The minimum atomic E-state index is -0.608. The van der Waals surface area contributed by atoms with Gasteiger partial charge in [0, 0.05) is 17.2 Å². The fourth-order valence-corrected chi connectivity index (χ4v) is 2.79. The van der Waals surface area contributed by atoms with Gasteiger partial charge in [-0.05, 0) is 18.2 Å². The van der Waals surface area contributed by atoms with Crippen molar-refractivity contribution in [2.45, 2.75) is 0 Å². The van der Waals surface area contributed by atoms with Crippen molar-refractivity contribution in [2.24, 2.45) is 0 Å². The maximum absolute atomic E-state index is 11.0. The van der Waals surface area contributed by atoms with Gasteiger partial charge >= 0.3 is 0 Å². The fourth-order valence-electron chi connectivity index (χ4n) is 1.95. The first-order chi connectivity index (χ1) is 11.1. The van der Waals surface area contributed by atoms with E-state index in [1.165, 1.54) is 30.0 Å². The van der Waals surface area contributed by atoms with Gasteiger partial charge in [-0.15, -0.1) is 11.3 Å². The lowest BCUT2D eigenvalue weighted by molar-refractivity contribution is -0.124. The molecular formula is C15H16N2O5S. The SMILES string of the molecule is COc1ccc(-c2ncc(/C=C/C(=O)NO)s2)c(OC)c1OC. The molecule has 0 aliphatic carbocycles. The van der Waals surface area contributed by atoms with Gasteiger partial charge in [0.1, 0.15) is 5.01 Å². The standard InChI is InChI=1S/C15H16N2O5S/c1-20-11-6-5-10(13(21-2)14(11)22-3)15-16-8-9(23-15)4-7-12(18)17-19/h4-8,19H,1-3H3,(H,17,18)/b7-4+. The molecule has 1 heterocycles. The number of rotatable bonds is 6. The van der Waals surface area contributed by atoms with Crippen LogP contribution in [-0.2, 0) is 4.79 Å². The van der Waals surface area contributed by atoms with Gasteiger partial charge < -0.3 is 14.2 Å². The summed E-state index contributed by atoms with van der Waals surface area (Å²) in [7, 11) is 4.63. The third-order valence-electron chi connectivity index (χ3n) is 2.97. The predicted molar refractivity (Wildman–Crippen MR) is 86.2 cm³/mol. The molecule has 1 aromatic carbocycles. The minimum Gasteiger partial charge on any atom is -0.493 e. The van der Waals surface area contributed by atoms with E-state index in [1.807, 2.05) is 6.07 Å². The van der Waals surface area contributed by atoms with Crippen LogP contribution >= 0.6 is 11.3 Å². The highest BCUT2D eigenvalue weighted by Gasteiger charge is 2.18. The molecule has 0 unspecified atom stereocenters. The van der Waals surface area contributed by atoms with E-state index in [9.17, 15) is 4.79 Å². The van der Waals surface area contributed by atoms with Gasteiger partial charge in [-0.1, -0.05) is 0 Å². The number of hydroxylamine groups is 1. The number of amides is 1. The highest BCUT2D eigenvalue weighted by atomic mass is 32.1. The Kier molecular flexibility index (Phi) is 5.56. The number of nitrogens with zero attached hydrogens (tertiary/aromatic N) is 1. The third kappa shape index (κ3) is 3.61. The summed E-state index contributed by atoms with van der Waals surface area (Å²) in [5.74, 6) is 0.956. The number of carbonyl (C=O) groups is 1. The highest BCUT2D eigenvalue weighted by molar-refractivity contribution is 7.15. The van der Waals surface area contributed by atoms with E-state index in [1.54, 1.807) is 32.6 Å². The minimum absolute atomic E-state index is 0.486. The van der Waals surface area contributed by atoms with E-state index >= 15 is 0 Å². The predicted octanol–water partition coefficient (Wildman–Crippen LogP) is 2.35. The van der Waals surface area contributed by atoms with Gasteiger partial charge in [0.05, 0.1) is 26.9 Å². The number of thiazole rings is 1. The van der Waals surface area contributed by atoms with Gasteiger partial charge in [0.2, 0.25) is 5.75 Å². The topological polar surface area (TPSA) is 89.9 Å². The summed E-state index contributed by atoms with van der Waals surface area (Å²) in [5.41, 5.74) is 2.28. The number of hydrogen-bond donors (Lipinski definition) is 2. The van der Waals surface area contributed by atoms with Gasteiger partial charge in [0.25, 0.3) is 5.91 Å².